The number of rotatable bonds is 6. The van der Waals surface area contributed by atoms with Gasteiger partial charge in [-0.15, -0.1) is 11.3 Å². The Bertz CT molecular complexity index is 678. The number of nitrogens with zero attached hydrogens (tertiary/aromatic N) is 3. The number of morpholine rings is 1. The van der Waals surface area contributed by atoms with E-state index >= 15 is 0 Å². The number of ether oxygens (including phenoxy) is 2. The number of aryl methyl sites for hydroxylation is 1. The van der Waals surface area contributed by atoms with Crippen molar-refractivity contribution in [1.29, 1.82) is 0 Å². The molecule has 25 heavy (non-hydrogen) atoms. The Hall–Kier alpha value is -1.34. The Morgan fingerprint density at radius 1 is 1.40 bits per heavy atom. The SMILES string of the molecule is Cc1nc(CN2CCO[C@@H]3C[C@H](COCc4cccnc4)C[C@H]32)cs1. The number of aromatic nitrogens is 2. The lowest BCUT2D eigenvalue weighted by molar-refractivity contribution is -0.0594. The number of hydrogen-bond acceptors (Lipinski definition) is 6. The topological polar surface area (TPSA) is 47.5 Å². The number of fused-ring (bicyclic) bond motifs is 1. The molecule has 134 valence electrons. The molecule has 0 aromatic carbocycles. The van der Waals surface area contributed by atoms with E-state index < -0.39 is 0 Å². The third-order valence-corrected chi connectivity index (χ3v) is 5.95. The van der Waals surface area contributed by atoms with Gasteiger partial charge in [0.15, 0.2) is 0 Å². The van der Waals surface area contributed by atoms with Gasteiger partial charge in [0.25, 0.3) is 0 Å². The van der Waals surface area contributed by atoms with Gasteiger partial charge in [0.05, 0.1) is 30.0 Å². The highest BCUT2D eigenvalue weighted by Gasteiger charge is 2.41. The van der Waals surface area contributed by atoms with Gasteiger partial charge in [0, 0.05) is 43.5 Å². The minimum atomic E-state index is 0.348. The van der Waals surface area contributed by atoms with Crippen LogP contribution in [0.15, 0.2) is 29.9 Å². The molecule has 2 fully saturated rings. The van der Waals surface area contributed by atoms with Gasteiger partial charge in [0.2, 0.25) is 0 Å². The van der Waals surface area contributed by atoms with Crippen LogP contribution in [0.3, 0.4) is 0 Å². The van der Waals surface area contributed by atoms with Crippen LogP contribution in [0.2, 0.25) is 0 Å². The predicted octanol–water partition coefficient (Wildman–Crippen LogP) is 3.04. The van der Waals surface area contributed by atoms with E-state index in [1.165, 1.54) is 5.69 Å². The molecule has 0 radical (unpaired) electrons. The molecule has 0 spiro atoms. The maximum absolute atomic E-state index is 6.04. The summed E-state index contributed by atoms with van der Waals surface area (Å²) in [5.41, 5.74) is 2.33. The van der Waals surface area contributed by atoms with E-state index in [9.17, 15) is 0 Å². The van der Waals surface area contributed by atoms with Crippen molar-refractivity contribution in [1.82, 2.24) is 14.9 Å². The van der Waals surface area contributed by atoms with Crippen molar-refractivity contribution in [2.24, 2.45) is 5.92 Å². The second-order valence-electron chi connectivity index (χ2n) is 7.02. The lowest BCUT2D eigenvalue weighted by atomic mass is 10.1. The van der Waals surface area contributed by atoms with E-state index in [-0.39, 0.29) is 0 Å². The largest absolute Gasteiger partial charge is 0.376 e. The summed E-state index contributed by atoms with van der Waals surface area (Å²) in [6, 6.07) is 4.51. The second kappa shape index (κ2) is 7.91. The molecule has 2 aliphatic rings. The Labute approximate surface area is 153 Å². The third-order valence-electron chi connectivity index (χ3n) is 5.13. The molecule has 0 unspecified atom stereocenters. The predicted molar refractivity (Wildman–Crippen MR) is 97.4 cm³/mol. The van der Waals surface area contributed by atoms with Gasteiger partial charge in [-0.1, -0.05) is 6.07 Å². The Morgan fingerprint density at radius 3 is 3.16 bits per heavy atom. The minimum Gasteiger partial charge on any atom is -0.376 e. The van der Waals surface area contributed by atoms with Gasteiger partial charge in [0.1, 0.15) is 0 Å². The van der Waals surface area contributed by atoms with Crippen molar-refractivity contribution >= 4 is 11.3 Å². The van der Waals surface area contributed by atoms with Crippen LogP contribution in [0.1, 0.15) is 29.1 Å². The van der Waals surface area contributed by atoms with E-state index in [2.05, 4.69) is 33.2 Å². The Kier molecular flexibility index (Phi) is 5.41. The summed E-state index contributed by atoms with van der Waals surface area (Å²) in [5, 5.41) is 3.33. The maximum atomic E-state index is 6.04. The number of pyridine rings is 1. The number of hydrogen-bond donors (Lipinski definition) is 0. The van der Waals surface area contributed by atoms with Gasteiger partial charge in [-0.3, -0.25) is 9.88 Å². The first-order valence-electron chi connectivity index (χ1n) is 9.01. The van der Waals surface area contributed by atoms with Crippen LogP contribution in [0.25, 0.3) is 0 Å². The van der Waals surface area contributed by atoms with Crippen LogP contribution in [-0.2, 0) is 22.6 Å². The summed E-state index contributed by atoms with van der Waals surface area (Å²) < 4.78 is 12.0. The third kappa shape index (κ3) is 4.26. The van der Waals surface area contributed by atoms with E-state index in [0.29, 0.717) is 24.7 Å². The fraction of sp³-hybridized carbons (Fsp3) is 0.579. The zero-order valence-electron chi connectivity index (χ0n) is 14.6. The molecule has 0 amide bonds. The molecule has 5 nitrogen and oxygen atoms in total. The molecule has 0 N–H and O–H groups in total. The summed E-state index contributed by atoms with van der Waals surface area (Å²) >= 11 is 1.73. The monoisotopic (exact) mass is 359 g/mol. The highest BCUT2D eigenvalue weighted by molar-refractivity contribution is 7.09. The van der Waals surface area contributed by atoms with Gasteiger partial charge >= 0.3 is 0 Å². The highest BCUT2D eigenvalue weighted by atomic mass is 32.1. The van der Waals surface area contributed by atoms with Crippen LogP contribution < -0.4 is 0 Å². The van der Waals surface area contributed by atoms with Crippen LogP contribution in [0.4, 0.5) is 0 Å². The summed E-state index contributed by atoms with van der Waals surface area (Å²) in [7, 11) is 0. The molecule has 4 rings (SSSR count). The Morgan fingerprint density at radius 2 is 2.36 bits per heavy atom. The maximum Gasteiger partial charge on any atom is 0.0897 e. The van der Waals surface area contributed by atoms with Gasteiger partial charge in [-0.2, -0.15) is 0 Å². The Balaban J connectivity index is 1.29. The van der Waals surface area contributed by atoms with E-state index in [4.69, 9.17) is 9.47 Å². The van der Waals surface area contributed by atoms with Crippen molar-refractivity contribution in [3.63, 3.8) is 0 Å². The van der Waals surface area contributed by atoms with Crippen molar-refractivity contribution in [3.8, 4) is 0 Å². The first kappa shape index (κ1) is 17.1. The molecule has 1 aliphatic carbocycles. The summed E-state index contributed by atoms with van der Waals surface area (Å²) in [6.45, 7) is 6.28. The molecule has 3 heterocycles. The molecule has 1 saturated carbocycles. The van der Waals surface area contributed by atoms with Crippen LogP contribution in [0.5, 0.6) is 0 Å². The standard InChI is InChI=1S/C19H25N3O2S/c1-14-21-17(13-25-14)10-22-5-6-24-19-8-16(7-18(19)22)12-23-11-15-3-2-4-20-9-15/h2-4,9,13,16,18-19H,5-8,10-12H2,1H3/t16-,18-,19-/m1/s1. The van der Waals surface area contributed by atoms with Crippen molar-refractivity contribution < 1.29 is 9.47 Å². The van der Waals surface area contributed by atoms with Crippen LogP contribution in [-0.4, -0.2) is 46.8 Å². The van der Waals surface area contributed by atoms with Crippen molar-refractivity contribution in [2.45, 2.75) is 45.1 Å². The zero-order chi connectivity index (χ0) is 17.1. The smallest absolute Gasteiger partial charge is 0.0897 e. The van der Waals surface area contributed by atoms with Crippen LogP contribution >= 0.6 is 11.3 Å². The molecule has 2 aromatic heterocycles. The minimum absolute atomic E-state index is 0.348. The quantitative estimate of drug-likeness (QED) is 0.793. The summed E-state index contributed by atoms with van der Waals surface area (Å²) in [4.78, 5) is 11.3. The van der Waals surface area contributed by atoms with E-state index in [1.54, 1.807) is 17.5 Å². The molecular weight excluding hydrogens is 334 g/mol. The van der Waals surface area contributed by atoms with Gasteiger partial charge < -0.3 is 9.47 Å². The fourth-order valence-electron chi connectivity index (χ4n) is 3.97. The molecule has 1 saturated heterocycles. The van der Waals surface area contributed by atoms with Crippen molar-refractivity contribution in [2.75, 3.05) is 19.8 Å². The molecule has 1 aliphatic heterocycles. The van der Waals surface area contributed by atoms with Gasteiger partial charge in [-0.25, -0.2) is 4.98 Å². The summed E-state index contributed by atoms with van der Waals surface area (Å²) in [5.74, 6) is 0.574. The molecular formula is C19H25N3O2S. The van der Waals surface area contributed by atoms with Gasteiger partial charge in [-0.05, 0) is 37.3 Å². The first-order chi connectivity index (χ1) is 12.3. The molecule has 2 aromatic rings. The second-order valence-corrected chi connectivity index (χ2v) is 8.08. The summed E-state index contributed by atoms with van der Waals surface area (Å²) in [6.07, 6.45) is 6.27. The first-order valence-corrected chi connectivity index (χ1v) is 9.89. The molecule has 0 bridgehead atoms. The normalized spacial score (nSPS) is 26.7. The average Bonchev–Trinajstić information content (AvgIpc) is 3.22. The van der Waals surface area contributed by atoms with E-state index in [0.717, 1.165) is 49.7 Å². The molecule has 3 atom stereocenters. The van der Waals surface area contributed by atoms with E-state index in [1.807, 2.05) is 12.3 Å². The van der Waals surface area contributed by atoms with Crippen molar-refractivity contribution in [3.05, 3.63) is 46.2 Å². The lowest BCUT2D eigenvalue weighted by Crippen LogP contribution is -2.47. The fourth-order valence-corrected chi connectivity index (χ4v) is 4.58. The highest BCUT2D eigenvalue weighted by Crippen LogP contribution is 2.35. The van der Waals surface area contributed by atoms with Crippen LogP contribution in [0, 0.1) is 12.8 Å². The number of thiazole rings is 1. The lowest BCUT2D eigenvalue weighted by Gasteiger charge is -2.37. The molecule has 6 heteroatoms. The average molecular weight is 359 g/mol. The zero-order valence-corrected chi connectivity index (χ0v) is 15.5.